The summed E-state index contributed by atoms with van der Waals surface area (Å²) in [5, 5.41) is 0. The molecule has 2 aromatic heterocycles. The Kier molecular flexibility index (Phi) is 2.96. The molecule has 0 unspecified atom stereocenters. The minimum absolute atomic E-state index is 0.631. The third-order valence-corrected chi connectivity index (χ3v) is 4.10. The van der Waals surface area contributed by atoms with E-state index in [0.29, 0.717) is 5.92 Å². The van der Waals surface area contributed by atoms with E-state index in [1.54, 1.807) is 0 Å². The molecule has 0 saturated heterocycles. The summed E-state index contributed by atoms with van der Waals surface area (Å²) >= 11 is 0. The van der Waals surface area contributed by atoms with E-state index in [2.05, 4.69) is 20.9 Å². The lowest BCUT2D eigenvalue weighted by atomic mass is 10.1. The highest BCUT2D eigenvalue weighted by molar-refractivity contribution is 5.22. The van der Waals surface area contributed by atoms with Crippen LogP contribution in [0.4, 0.5) is 0 Å². The molecule has 1 aliphatic carbocycles. The van der Waals surface area contributed by atoms with Gasteiger partial charge in [0.25, 0.3) is 0 Å². The van der Waals surface area contributed by atoms with Crippen LogP contribution in [0.5, 0.6) is 0 Å². The molecule has 20 heavy (non-hydrogen) atoms. The summed E-state index contributed by atoms with van der Waals surface area (Å²) in [6, 6.07) is 6.10. The zero-order valence-electron chi connectivity index (χ0n) is 11.5. The maximum absolute atomic E-state index is 4.79. The molecule has 0 aromatic carbocycles. The number of hydrogen-bond donors (Lipinski definition) is 0. The maximum atomic E-state index is 4.79. The molecule has 0 amide bonds. The van der Waals surface area contributed by atoms with Crippen molar-refractivity contribution in [3.05, 3.63) is 53.4 Å². The fraction of sp³-hybridized carbons (Fsp3) is 0.438. The van der Waals surface area contributed by atoms with Crippen molar-refractivity contribution in [1.29, 1.82) is 0 Å². The summed E-state index contributed by atoms with van der Waals surface area (Å²) in [6.45, 7) is 2.90. The highest BCUT2D eigenvalue weighted by Gasteiger charge is 2.28. The lowest BCUT2D eigenvalue weighted by Crippen LogP contribution is -2.31. The summed E-state index contributed by atoms with van der Waals surface area (Å²) in [7, 11) is 0. The standard InChI is InChI=1S/C16H18N4/c1-2-7-17-14(3-1)10-20-8-6-13-9-18-16(12-4-5-12)19-15(13)11-20/h1-3,7,9,12H,4-6,8,10-11H2. The molecular weight excluding hydrogens is 248 g/mol. The lowest BCUT2D eigenvalue weighted by Gasteiger charge is -2.27. The van der Waals surface area contributed by atoms with E-state index in [9.17, 15) is 0 Å². The first-order valence-electron chi connectivity index (χ1n) is 7.35. The molecule has 0 radical (unpaired) electrons. The van der Waals surface area contributed by atoms with E-state index in [1.807, 2.05) is 24.5 Å². The SMILES string of the molecule is c1ccc(CN2CCc3cnc(C4CC4)nc3C2)nc1. The maximum Gasteiger partial charge on any atom is 0.131 e. The van der Waals surface area contributed by atoms with Gasteiger partial charge in [-0.25, -0.2) is 9.97 Å². The Bertz CT molecular complexity index is 607. The topological polar surface area (TPSA) is 41.9 Å². The molecule has 4 rings (SSSR count). The molecule has 1 fully saturated rings. The lowest BCUT2D eigenvalue weighted by molar-refractivity contribution is 0.238. The van der Waals surface area contributed by atoms with Gasteiger partial charge in [0.1, 0.15) is 5.82 Å². The van der Waals surface area contributed by atoms with Crippen LogP contribution in [0.25, 0.3) is 0 Å². The molecule has 3 heterocycles. The van der Waals surface area contributed by atoms with Gasteiger partial charge in [-0.15, -0.1) is 0 Å². The first-order valence-corrected chi connectivity index (χ1v) is 7.35. The molecule has 0 atom stereocenters. The van der Waals surface area contributed by atoms with Crippen LogP contribution < -0.4 is 0 Å². The molecule has 2 aliphatic rings. The summed E-state index contributed by atoms with van der Waals surface area (Å²) in [5.41, 5.74) is 3.68. The first-order chi connectivity index (χ1) is 9.88. The van der Waals surface area contributed by atoms with Crippen molar-refractivity contribution in [1.82, 2.24) is 19.9 Å². The number of rotatable bonds is 3. The summed E-state index contributed by atoms with van der Waals surface area (Å²) < 4.78 is 0. The van der Waals surface area contributed by atoms with Crippen LogP contribution >= 0.6 is 0 Å². The van der Waals surface area contributed by atoms with Crippen molar-refractivity contribution in [3.63, 3.8) is 0 Å². The smallest absolute Gasteiger partial charge is 0.131 e. The first kappa shape index (κ1) is 12.0. The van der Waals surface area contributed by atoms with Crippen LogP contribution in [0.15, 0.2) is 30.6 Å². The van der Waals surface area contributed by atoms with Gasteiger partial charge in [0.2, 0.25) is 0 Å². The average Bonchev–Trinajstić information content (AvgIpc) is 3.32. The van der Waals surface area contributed by atoms with E-state index >= 15 is 0 Å². The average molecular weight is 266 g/mol. The quantitative estimate of drug-likeness (QED) is 0.855. The van der Waals surface area contributed by atoms with Crippen LogP contribution in [0.2, 0.25) is 0 Å². The number of aromatic nitrogens is 3. The molecule has 0 spiro atoms. The van der Waals surface area contributed by atoms with Crippen molar-refractivity contribution < 1.29 is 0 Å². The summed E-state index contributed by atoms with van der Waals surface area (Å²) in [4.78, 5) is 16.2. The zero-order valence-corrected chi connectivity index (χ0v) is 11.5. The Morgan fingerprint density at radius 1 is 1.20 bits per heavy atom. The van der Waals surface area contributed by atoms with Crippen LogP contribution in [-0.2, 0) is 19.5 Å². The number of pyridine rings is 1. The Morgan fingerprint density at radius 3 is 2.95 bits per heavy atom. The van der Waals surface area contributed by atoms with Crippen molar-refractivity contribution in [2.45, 2.75) is 38.3 Å². The fourth-order valence-corrected chi connectivity index (χ4v) is 2.77. The van der Waals surface area contributed by atoms with E-state index in [4.69, 9.17) is 4.98 Å². The van der Waals surface area contributed by atoms with E-state index in [1.165, 1.54) is 24.1 Å². The molecular formula is C16H18N4. The Labute approximate surface area is 118 Å². The van der Waals surface area contributed by atoms with Gasteiger partial charge in [-0.2, -0.15) is 0 Å². The van der Waals surface area contributed by atoms with Gasteiger partial charge in [-0.3, -0.25) is 9.88 Å². The number of hydrogen-bond acceptors (Lipinski definition) is 4. The summed E-state index contributed by atoms with van der Waals surface area (Å²) in [6.07, 6.45) is 7.48. The molecule has 1 aliphatic heterocycles. The molecule has 102 valence electrons. The third kappa shape index (κ3) is 2.43. The molecule has 4 nitrogen and oxygen atoms in total. The Hall–Kier alpha value is -1.81. The second kappa shape index (κ2) is 4.94. The normalized spacial score (nSPS) is 18.8. The van der Waals surface area contributed by atoms with Gasteiger partial charge in [-0.1, -0.05) is 6.07 Å². The van der Waals surface area contributed by atoms with Crippen molar-refractivity contribution >= 4 is 0 Å². The minimum Gasteiger partial charge on any atom is -0.291 e. The predicted molar refractivity (Wildman–Crippen MR) is 76.1 cm³/mol. The highest BCUT2D eigenvalue weighted by atomic mass is 15.1. The highest BCUT2D eigenvalue weighted by Crippen LogP contribution is 2.38. The van der Waals surface area contributed by atoms with Crippen molar-refractivity contribution in [3.8, 4) is 0 Å². The predicted octanol–water partition coefficient (Wildman–Crippen LogP) is 2.31. The number of fused-ring (bicyclic) bond motifs is 1. The molecule has 4 heteroatoms. The van der Waals surface area contributed by atoms with Gasteiger partial charge in [0.05, 0.1) is 11.4 Å². The van der Waals surface area contributed by atoms with Crippen LogP contribution in [0, 0.1) is 0 Å². The van der Waals surface area contributed by atoms with Crippen molar-refractivity contribution in [2.24, 2.45) is 0 Å². The fourth-order valence-electron chi connectivity index (χ4n) is 2.77. The Balaban J connectivity index is 1.51. The second-order valence-electron chi connectivity index (χ2n) is 5.76. The van der Waals surface area contributed by atoms with Crippen LogP contribution in [0.1, 0.15) is 41.5 Å². The minimum atomic E-state index is 0.631. The van der Waals surface area contributed by atoms with E-state index < -0.39 is 0 Å². The van der Waals surface area contributed by atoms with Crippen LogP contribution in [0.3, 0.4) is 0 Å². The zero-order chi connectivity index (χ0) is 13.4. The molecule has 0 bridgehead atoms. The monoisotopic (exact) mass is 266 g/mol. The molecule has 2 aromatic rings. The molecule has 1 saturated carbocycles. The summed E-state index contributed by atoms with van der Waals surface area (Å²) in [5.74, 6) is 1.69. The Morgan fingerprint density at radius 2 is 2.15 bits per heavy atom. The van der Waals surface area contributed by atoms with Gasteiger partial charge in [0.15, 0.2) is 0 Å². The van der Waals surface area contributed by atoms with Crippen LogP contribution in [-0.4, -0.2) is 26.4 Å². The van der Waals surface area contributed by atoms with Gasteiger partial charge in [-0.05, 0) is 37.0 Å². The van der Waals surface area contributed by atoms with Gasteiger partial charge < -0.3 is 0 Å². The van der Waals surface area contributed by atoms with Gasteiger partial charge >= 0.3 is 0 Å². The largest absolute Gasteiger partial charge is 0.291 e. The van der Waals surface area contributed by atoms with Gasteiger partial charge in [0, 0.05) is 37.9 Å². The van der Waals surface area contributed by atoms with Crippen molar-refractivity contribution in [2.75, 3.05) is 6.54 Å². The van der Waals surface area contributed by atoms with E-state index in [-0.39, 0.29) is 0 Å². The third-order valence-electron chi connectivity index (χ3n) is 4.10. The number of nitrogens with zero attached hydrogens (tertiary/aromatic N) is 4. The molecule has 0 N–H and O–H groups in total. The van der Waals surface area contributed by atoms with E-state index in [0.717, 1.165) is 37.6 Å². The second-order valence-corrected chi connectivity index (χ2v) is 5.76.